The topological polar surface area (TPSA) is 69.6 Å². The number of carbonyl (C=O) groups is 2. The summed E-state index contributed by atoms with van der Waals surface area (Å²) in [6.07, 6.45) is 0.997. The average Bonchev–Trinajstić information content (AvgIpc) is 2.82. The number of hydrogen-bond donors (Lipinski definition) is 2. The minimum absolute atomic E-state index is 0.0415. The molecule has 0 aromatic heterocycles. The van der Waals surface area contributed by atoms with Crippen LogP contribution < -0.4 is 5.32 Å². The molecule has 1 aliphatic carbocycles. The molecule has 2 aliphatic rings. The number of nitrogens with zero attached hydrogens (tertiary/aromatic N) is 1. The third-order valence-electron chi connectivity index (χ3n) is 3.54. The third kappa shape index (κ3) is 2.58. The maximum atomic E-state index is 12.2. The molecule has 0 bridgehead atoms. The highest BCUT2D eigenvalue weighted by molar-refractivity contribution is 8.00. The molecule has 6 heteroatoms. The fraction of sp³-hybridized carbons (Fsp3) is 0.833. The molecule has 2 amide bonds. The van der Waals surface area contributed by atoms with Crippen LogP contribution in [0.3, 0.4) is 0 Å². The summed E-state index contributed by atoms with van der Waals surface area (Å²) in [6, 6.07) is -0.692. The Morgan fingerprint density at radius 3 is 2.50 bits per heavy atom. The van der Waals surface area contributed by atoms with Crippen molar-refractivity contribution in [3.8, 4) is 0 Å². The van der Waals surface area contributed by atoms with Crippen LogP contribution in [0.4, 0.5) is 4.79 Å². The van der Waals surface area contributed by atoms with Crippen molar-refractivity contribution in [1.29, 1.82) is 0 Å². The number of carbonyl (C=O) groups excluding carboxylic acids is 1. The SMILES string of the molecule is CC(C)C1SCC(C(=O)O)N1C(=O)NC1CC1C. The van der Waals surface area contributed by atoms with Gasteiger partial charge in [-0.15, -0.1) is 11.8 Å². The lowest BCUT2D eigenvalue weighted by atomic mass is 10.2. The molecule has 4 unspecified atom stereocenters. The first-order chi connectivity index (χ1) is 8.41. The summed E-state index contributed by atoms with van der Waals surface area (Å²) in [6.45, 7) is 6.11. The Kier molecular flexibility index (Phi) is 3.75. The molecular formula is C12H20N2O3S. The molecule has 2 rings (SSSR count). The summed E-state index contributed by atoms with van der Waals surface area (Å²) in [4.78, 5) is 24.9. The smallest absolute Gasteiger partial charge is 0.327 e. The molecule has 2 fully saturated rings. The number of hydrogen-bond acceptors (Lipinski definition) is 3. The Labute approximate surface area is 111 Å². The summed E-state index contributed by atoms with van der Waals surface area (Å²) in [5, 5.41) is 12.1. The molecule has 1 heterocycles. The van der Waals surface area contributed by atoms with E-state index in [4.69, 9.17) is 0 Å². The van der Waals surface area contributed by atoms with Crippen molar-refractivity contribution in [2.75, 3.05) is 5.75 Å². The predicted molar refractivity (Wildman–Crippen MR) is 70.4 cm³/mol. The summed E-state index contributed by atoms with van der Waals surface area (Å²) in [5.74, 6) is 0.336. The van der Waals surface area contributed by atoms with Gasteiger partial charge in [0.25, 0.3) is 0 Å². The fourth-order valence-electron chi connectivity index (χ4n) is 2.25. The third-order valence-corrected chi connectivity index (χ3v) is 5.16. The minimum atomic E-state index is -0.912. The van der Waals surface area contributed by atoms with Gasteiger partial charge in [0.2, 0.25) is 0 Å². The van der Waals surface area contributed by atoms with Gasteiger partial charge in [0.05, 0.1) is 5.37 Å². The normalized spacial score (nSPS) is 34.8. The molecule has 1 saturated heterocycles. The Bertz CT molecular complexity index is 361. The molecule has 0 aromatic carbocycles. The second-order valence-electron chi connectivity index (χ2n) is 5.50. The van der Waals surface area contributed by atoms with Gasteiger partial charge in [0.1, 0.15) is 6.04 Å². The molecule has 0 radical (unpaired) electrons. The van der Waals surface area contributed by atoms with Crippen molar-refractivity contribution >= 4 is 23.8 Å². The Morgan fingerprint density at radius 1 is 1.44 bits per heavy atom. The van der Waals surface area contributed by atoms with Gasteiger partial charge in [0, 0.05) is 11.8 Å². The Morgan fingerprint density at radius 2 is 2.06 bits per heavy atom. The van der Waals surface area contributed by atoms with Gasteiger partial charge in [0.15, 0.2) is 0 Å². The Balaban J connectivity index is 2.07. The van der Waals surface area contributed by atoms with Crippen LogP contribution in [-0.4, -0.2) is 45.2 Å². The highest BCUT2D eigenvalue weighted by atomic mass is 32.2. The first-order valence-corrected chi connectivity index (χ1v) is 7.40. The molecule has 2 N–H and O–H groups in total. The zero-order valence-electron chi connectivity index (χ0n) is 10.9. The number of aliphatic carboxylic acids is 1. The van der Waals surface area contributed by atoms with E-state index in [9.17, 15) is 14.7 Å². The second kappa shape index (κ2) is 4.99. The van der Waals surface area contributed by atoms with Crippen molar-refractivity contribution in [2.45, 2.75) is 44.6 Å². The molecule has 5 nitrogen and oxygen atoms in total. The van der Waals surface area contributed by atoms with Crippen LogP contribution in [0.2, 0.25) is 0 Å². The van der Waals surface area contributed by atoms with Crippen LogP contribution >= 0.6 is 11.8 Å². The van der Waals surface area contributed by atoms with Crippen molar-refractivity contribution in [1.82, 2.24) is 10.2 Å². The van der Waals surface area contributed by atoms with Crippen molar-refractivity contribution in [3.63, 3.8) is 0 Å². The average molecular weight is 272 g/mol. The van der Waals surface area contributed by atoms with E-state index in [0.29, 0.717) is 11.7 Å². The maximum absolute atomic E-state index is 12.2. The van der Waals surface area contributed by atoms with Gasteiger partial charge < -0.3 is 10.4 Å². The monoisotopic (exact) mass is 272 g/mol. The van der Waals surface area contributed by atoms with Crippen LogP contribution in [0, 0.1) is 11.8 Å². The van der Waals surface area contributed by atoms with Crippen LogP contribution in [0.5, 0.6) is 0 Å². The van der Waals surface area contributed by atoms with E-state index < -0.39 is 12.0 Å². The number of amides is 2. The van der Waals surface area contributed by atoms with Gasteiger partial charge in [-0.25, -0.2) is 9.59 Å². The molecule has 1 saturated carbocycles. The van der Waals surface area contributed by atoms with E-state index in [0.717, 1.165) is 6.42 Å². The quantitative estimate of drug-likeness (QED) is 0.818. The van der Waals surface area contributed by atoms with Gasteiger partial charge in [-0.1, -0.05) is 20.8 Å². The van der Waals surface area contributed by atoms with Gasteiger partial charge >= 0.3 is 12.0 Å². The lowest BCUT2D eigenvalue weighted by Crippen LogP contribution is -2.52. The first kappa shape index (κ1) is 13.5. The van der Waals surface area contributed by atoms with Crippen LogP contribution in [-0.2, 0) is 4.79 Å². The van der Waals surface area contributed by atoms with Crippen LogP contribution in [0.25, 0.3) is 0 Å². The highest BCUT2D eigenvalue weighted by Gasteiger charge is 2.45. The summed E-state index contributed by atoms with van der Waals surface area (Å²) < 4.78 is 0. The summed E-state index contributed by atoms with van der Waals surface area (Å²) >= 11 is 1.56. The molecule has 0 spiro atoms. The van der Waals surface area contributed by atoms with Crippen LogP contribution in [0.15, 0.2) is 0 Å². The molecule has 18 heavy (non-hydrogen) atoms. The van der Waals surface area contributed by atoms with Gasteiger partial charge in [-0.3, -0.25) is 4.90 Å². The largest absolute Gasteiger partial charge is 0.480 e. The number of urea groups is 1. The zero-order valence-corrected chi connectivity index (χ0v) is 11.7. The number of carboxylic acid groups (broad SMARTS) is 1. The highest BCUT2D eigenvalue weighted by Crippen LogP contribution is 2.35. The van der Waals surface area contributed by atoms with Crippen molar-refractivity contribution in [2.24, 2.45) is 11.8 Å². The van der Waals surface area contributed by atoms with E-state index in [1.165, 1.54) is 4.90 Å². The van der Waals surface area contributed by atoms with Crippen LogP contribution in [0.1, 0.15) is 27.2 Å². The van der Waals surface area contributed by atoms with Gasteiger partial charge in [-0.05, 0) is 18.3 Å². The number of rotatable bonds is 3. The van der Waals surface area contributed by atoms with E-state index in [1.807, 2.05) is 13.8 Å². The lowest BCUT2D eigenvalue weighted by molar-refractivity contribution is -0.141. The van der Waals surface area contributed by atoms with Gasteiger partial charge in [-0.2, -0.15) is 0 Å². The van der Waals surface area contributed by atoms with E-state index in [1.54, 1.807) is 11.8 Å². The van der Waals surface area contributed by atoms with E-state index in [-0.39, 0.29) is 23.4 Å². The maximum Gasteiger partial charge on any atom is 0.327 e. The standard InChI is InChI=1S/C12H20N2O3S/c1-6(2)10-14(9(5-18-10)11(15)16)12(17)13-8-4-7(8)3/h6-10H,4-5H2,1-3H3,(H,13,17)(H,15,16). The molecule has 102 valence electrons. The second-order valence-corrected chi connectivity index (χ2v) is 6.65. The molecular weight excluding hydrogens is 252 g/mol. The van der Waals surface area contributed by atoms with Crippen molar-refractivity contribution in [3.05, 3.63) is 0 Å². The number of carboxylic acids is 1. The lowest BCUT2D eigenvalue weighted by Gasteiger charge is -2.29. The summed E-state index contributed by atoms with van der Waals surface area (Å²) in [7, 11) is 0. The minimum Gasteiger partial charge on any atom is -0.480 e. The first-order valence-electron chi connectivity index (χ1n) is 6.35. The van der Waals surface area contributed by atoms with E-state index >= 15 is 0 Å². The molecule has 0 aromatic rings. The number of nitrogens with one attached hydrogen (secondary N) is 1. The van der Waals surface area contributed by atoms with E-state index in [2.05, 4.69) is 12.2 Å². The summed E-state index contributed by atoms with van der Waals surface area (Å²) in [5.41, 5.74) is 0. The number of thioether (sulfide) groups is 1. The zero-order chi connectivity index (χ0) is 13.4. The fourth-order valence-corrected chi connectivity index (χ4v) is 3.72. The molecule has 4 atom stereocenters. The molecule has 1 aliphatic heterocycles. The Hall–Kier alpha value is -0.910. The predicted octanol–water partition coefficient (Wildman–Crippen LogP) is 1.59. The van der Waals surface area contributed by atoms with Crippen molar-refractivity contribution < 1.29 is 14.7 Å².